The van der Waals surface area contributed by atoms with Crippen molar-refractivity contribution in [3.8, 4) is 0 Å². The maximum Gasteiger partial charge on any atom is 0.246 e. The van der Waals surface area contributed by atoms with Crippen LogP contribution in [0.1, 0.15) is 38.2 Å². The molecule has 1 fully saturated rings. The molecular weight excluding hydrogens is 381 g/mol. The Balaban J connectivity index is 2.44. The lowest BCUT2D eigenvalue weighted by atomic mass is 10.2. The van der Waals surface area contributed by atoms with E-state index in [1.807, 2.05) is 6.92 Å². The number of halogens is 3. The molecule has 0 aliphatic heterocycles. The average molecular weight is 399 g/mol. The molecule has 1 aliphatic rings. The van der Waals surface area contributed by atoms with E-state index in [0.29, 0.717) is 11.0 Å². The van der Waals surface area contributed by atoms with Crippen LogP contribution in [0.5, 0.6) is 0 Å². The van der Waals surface area contributed by atoms with Crippen LogP contribution in [0, 0.1) is 5.82 Å². The van der Waals surface area contributed by atoms with Gasteiger partial charge in [-0.1, -0.05) is 29.3 Å². The second kappa shape index (κ2) is 6.94. The van der Waals surface area contributed by atoms with Crippen LogP contribution in [0.15, 0.2) is 21.5 Å². The third-order valence-electron chi connectivity index (χ3n) is 3.50. The third kappa shape index (κ3) is 3.78. The van der Waals surface area contributed by atoms with Gasteiger partial charge in [-0.05, 0) is 31.4 Å². The molecule has 0 bridgehead atoms. The van der Waals surface area contributed by atoms with Crippen LogP contribution in [0.25, 0.3) is 0 Å². The average Bonchev–Trinajstić information content (AvgIpc) is 3.25. The molecule has 0 amide bonds. The van der Waals surface area contributed by atoms with Crippen molar-refractivity contribution in [2.45, 2.75) is 49.4 Å². The second-order valence-corrected chi connectivity index (χ2v) is 8.25. The summed E-state index contributed by atoms with van der Waals surface area (Å²) < 4.78 is 41.9. The van der Waals surface area contributed by atoms with Gasteiger partial charge in [0.15, 0.2) is 0 Å². The van der Waals surface area contributed by atoms with Gasteiger partial charge < -0.3 is 0 Å². The van der Waals surface area contributed by atoms with E-state index in [1.165, 1.54) is 16.4 Å². The number of hydrogen-bond donors (Lipinski definition) is 0. The molecule has 1 aliphatic carbocycles. The number of alkyl halides is 1. The standard InChI is InChI=1S/C14H18BrClFNO2S/c1-2-3-6-18(12-4-5-12)21(19,20)13-8-11(15)7-10(9-16)14(13)17/h7-8,12H,2-6,9H2,1H3. The van der Waals surface area contributed by atoms with Crippen molar-refractivity contribution < 1.29 is 12.8 Å². The zero-order valence-corrected chi connectivity index (χ0v) is 14.9. The van der Waals surface area contributed by atoms with E-state index in [9.17, 15) is 12.8 Å². The van der Waals surface area contributed by atoms with E-state index in [1.54, 1.807) is 0 Å². The summed E-state index contributed by atoms with van der Waals surface area (Å²) in [6.07, 6.45) is 3.36. The van der Waals surface area contributed by atoms with Crippen molar-refractivity contribution >= 4 is 37.6 Å². The van der Waals surface area contributed by atoms with Crippen LogP contribution < -0.4 is 0 Å². The Hall–Kier alpha value is -0.170. The van der Waals surface area contributed by atoms with Crippen molar-refractivity contribution in [2.24, 2.45) is 0 Å². The Labute approximate surface area is 138 Å². The van der Waals surface area contributed by atoms with E-state index in [4.69, 9.17) is 11.6 Å². The first-order valence-corrected chi connectivity index (χ1v) is 9.74. The summed E-state index contributed by atoms with van der Waals surface area (Å²) in [5.74, 6) is -0.804. The minimum Gasteiger partial charge on any atom is -0.207 e. The fraction of sp³-hybridized carbons (Fsp3) is 0.571. The highest BCUT2D eigenvalue weighted by molar-refractivity contribution is 9.10. The molecule has 0 heterocycles. The summed E-state index contributed by atoms with van der Waals surface area (Å²) in [6.45, 7) is 2.44. The summed E-state index contributed by atoms with van der Waals surface area (Å²) in [7, 11) is -3.83. The largest absolute Gasteiger partial charge is 0.246 e. The van der Waals surface area contributed by atoms with E-state index >= 15 is 0 Å². The third-order valence-corrected chi connectivity index (χ3v) is 6.19. The van der Waals surface area contributed by atoms with Crippen molar-refractivity contribution in [3.63, 3.8) is 0 Å². The maximum atomic E-state index is 14.4. The van der Waals surface area contributed by atoms with Crippen LogP contribution in [0.3, 0.4) is 0 Å². The molecular formula is C14H18BrClFNO2S. The Morgan fingerprint density at radius 2 is 2.10 bits per heavy atom. The molecule has 1 aromatic carbocycles. The predicted molar refractivity (Wildman–Crippen MR) is 85.5 cm³/mol. The molecule has 3 nitrogen and oxygen atoms in total. The minimum atomic E-state index is -3.83. The highest BCUT2D eigenvalue weighted by Crippen LogP contribution is 2.35. The fourth-order valence-corrected chi connectivity index (χ4v) is 4.92. The highest BCUT2D eigenvalue weighted by Gasteiger charge is 2.39. The molecule has 0 N–H and O–H groups in total. The molecule has 0 unspecified atom stereocenters. The molecule has 1 aromatic rings. The van der Waals surface area contributed by atoms with E-state index in [0.717, 1.165) is 25.7 Å². The van der Waals surface area contributed by atoms with E-state index < -0.39 is 15.8 Å². The lowest BCUT2D eigenvalue weighted by molar-refractivity contribution is 0.392. The van der Waals surface area contributed by atoms with Crippen LogP contribution in [0.4, 0.5) is 4.39 Å². The summed E-state index contributed by atoms with van der Waals surface area (Å²) in [4.78, 5) is -0.282. The highest BCUT2D eigenvalue weighted by atomic mass is 79.9. The van der Waals surface area contributed by atoms with Crippen LogP contribution in [0.2, 0.25) is 0 Å². The van der Waals surface area contributed by atoms with Gasteiger partial charge in [0.2, 0.25) is 10.0 Å². The molecule has 0 atom stereocenters. The lowest BCUT2D eigenvalue weighted by Gasteiger charge is -2.22. The van der Waals surface area contributed by atoms with Crippen molar-refractivity contribution in [3.05, 3.63) is 28.0 Å². The van der Waals surface area contributed by atoms with Crippen LogP contribution in [-0.2, 0) is 15.9 Å². The van der Waals surface area contributed by atoms with Gasteiger partial charge in [0.05, 0.1) is 5.88 Å². The fourth-order valence-electron chi connectivity index (χ4n) is 2.21. The summed E-state index contributed by atoms with van der Waals surface area (Å²) in [6, 6.07) is 2.84. The van der Waals surface area contributed by atoms with E-state index in [2.05, 4.69) is 15.9 Å². The minimum absolute atomic E-state index is 0.0133. The van der Waals surface area contributed by atoms with Gasteiger partial charge >= 0.3 is 0 Å². The van der Waals surface area contributed by atoms with Gasteiger partial charge in [0, 0.05) is 22.6 Å². The number of sulfonamides is 1. The van der Waals surface area contributed by atoms with Gasteiger partial charge in [-0.3, -0.25) is 0 Å². The van der Waals surface area contributed by atoms with Crippen LogP contribution >= 0.6 is 27.5 Å². The second-order valence-electron chi connectivity index (χ2n) is 5.21. The molecule has 0 saturated heterocycles. The Morgan fingerprint density at radius 3 is 2.62 bits per heavy atom. The quantitative estimate of drug-likeness (QED) is 0.643. The first-order chi connectivity index (χ1) is 9.91. The molecule has 0 aromatic heterocycles. The number of rotatable bonds is 7. The molecule has 1 saturated carbocycles. The van der Waals surface area contributed by atoms with Crippen molar-refractivity contribution in [2.75, 3.05) is 6.54 Å². The summed E-state index contributed by atoms with van der Waals surface area (Å²) in [5.41, 5.74) is 0.191. The van der Waals surface area contributed by atoms with Crippen LogP contribution in [-0.4, -0.2) is 25.3 Å². The van der Waals surface area contributed by atoms with Crippen molar-refractivity contribution in [1.29, 1.82) is 0 Å². The Kier molecular flexibility index (Phi) is 5.68. The number of nitrogens with zero attached hydrogens (tertiary/aromatic N) is 1. The zero-order valence-electron chi connectivity index (χ0n) is 11.8. The van der Waals surface area contributed by atoms with Crippen molar-refractivity contribution in [1.82, 2.24) is 4.31 Å². The first kappa shape index (κ1) is 17.2. The molecule has 7 heteroatoms. The number of benzene rings is 1. The summed E-state index contributed by atoms with van der Waals surface area (Å²) >= 11 is 8.92. The topological polar surface area (TPSA) is 37.4 Å². The number of unbranched alkanes of at least 4 members (excludes halogenated alkanes) is 1. The molecule has 2 rings (SSSR count). The normalized spacial score (nSPS) is 15.7. The monoisotopic (exact) mass is 397 g/mol. The Bertz CT molecular complexity index is 620. The number of hydrogen-bond acceptors (Lipinski definition) is 2. The summed E-state index contributed by atoms with van der Waals surface area (Å²) in [5, 5.41) is 0. The van der Waals surface area contributed by atoms with Gasteiger partial charge in [-0.25, -0.2) is 12.8 Å². The van der Waals surface area contributed by atoms with E-state index in [-0.39, 0.29) is 22.4 Å². The SMILES string of the molecule is CCCCN(C1CC1)S(=O)(=O)c1cc(Br)cc(CCl)c1F. The molecule has 118 valence electrons. The van der Waals surface area contributed by atoms with Gasteiger partial charge in [-0.2, -0.15) is 4.31 Å². The zero-order chi connectivity index (χ0) is 15.6. The molecule has 0 spiro atoms. The Morgan fingerprint density at radius 1 is 1.43 bits per heavy atom. The van der Waals surface area contributed by atoms with Gasteiger partial charge in [0.1, 0.15) is 10.7 Å². The maximum absolute atomic E-state index is 14.4. The van der Waals surface area contributed by atoms with Gasteiger partial charge in [-0.15, -0.1) is 11.6 Å². The lowest BCUT2D eigenvalue weighted by Crippen LogP contribution is -2.34. The molecule has 0 radical (unpaired) electrons. The van der Waals surface area contributed by atoms with Gasteiger partial charge in [0.25, 0.3) is 0 Å². The smallest absolute Gasteiger partial charge is 0.207 e. The predicted octanol–water partition coefficient (Wildman–Crippen LogP) is 4.28. The molecule has 21 heavy (non-hydrogen) atoms. The first-order valence-electron chi connectivity index (χ1n) is 6.97.